The lowest BCUT2D eigenvalue weighted by Gasteiger charge is -2.23. The summed E-state index contributed by atoms with van der Waals surface area (Å²) in [4.78, 5) is 10.7. The number of likely N-dealkylation sites (N-methyl/N-ethyl adjacent to an activating group) is 1. The van der Waals surface area contributed by atoms with Gasteiger partial charge in [0.1, 0.15) is 6.10 Å². The summed E-state index contributed by atoms with van der Waals surface area (Å²) in [6.45, 7) is 5.64. The Morgan fingerprint density at radius 3 is 2.93 bits per heavy atom. The van der Waals surface area contributed by atoms with E-state index in [2.05, 4.69) is 26.9 Å². The van der Waals surface area contributed by atoms with Crippen molar-refractivity contribution in [3.05, 3.63) is 46.7 Å². The maximum absolute atomic E-state index is 14.7. The number of hydrogen-bond donors (Lipinski definition) is 1. The smallest absolute Gasteiger partial charge is 0.298 e. The van der Waals surface area contributed by atoms with E-state index in [0.717, 1.165) is 17.8 Å². The molecule has 1 aromatic carbocycles. The van der Waals surface area contributed by atoms with Gasteiger partial charge >= 0.3 is 0 Å². The van der Waals surface area contributed by atoms with Gasteiger partial charge in [-0.05, 0) is 38.2 Å². The number of nitrogens with zero attached hydrogens (tertiary/aromatic N) is 3. The minimum Gasteiger partial charge on any atom is -0.374 e. The Hall–Kier alpha value is -1.83. The Kier molecular flexibility index (Phi) is 6.80. The Bertz CT molecular complexity index is 775. The summed E-state index contributed by atoms with van der Waals surface area (Å²) in [7, 11) is 1.99. The normalized spacial score (nSPS) is 21.4. The van der Waals surface area contributed by atoms with Gasteiger partial charge in [-0.25, -0.2) is 4.99 Å². The summed E-state index contributed by atoms with van der Waals surface area (Å²) in [5, 5.41) is 3.12. The molecule has 0 spiro atoms. The van der Waals surface area contributed by atoms with Crippen LogP contribution in [0.5, 0.6) is 0 Å². The second kappa shape index (κ2) is 9.11. The molecule has 1 N–H and O–H groups in total. The summed E-state index contributed by atoms with van der Waals surface area (Å²) in [6, 6.07) is 6.65. The molecular formula is C20H25ClF2N4O. The maximum Gasteiger partial charge on any atom is 0.298 e. The Labute approximate surface area is 169 Å². The number of nitrogens with one attached hydrogen (secondary N) is 1. The first-order valence-corrected chi connectivity index (χ1v) is 9.80. The number of alkyl halides is 3. The molecule has 0 radical (unpaired) electrons. The summed E-state index contributed by atoms with van der Waals surface area (Å²) in [5.41, 5.74) is 2.54. The van der Waals surface area contributed by atoms with Crippen LogP contribution in [0.25, 0.3) is 0 Å². The fourth-order valence-corrected chi connectivity index (χ4v) is 3.73. The largest absolute Gasteiger partial charge is 0.374 e. The van der Waals surface area contributed by atoms with E-state index in [9.17, 15) is 8.78 Å². The number of aliphatic imine (C=N–C) groups is 2. The number of rotatable bonds is 7. The van der Waals surface area contributed by atoms with Gasteiger partial charge in [0.15, 0.2) is 5.84 Å². The quantitative estimate of drug-likeness (QED) is 0.324. The van der Waals surface area contributed by atoms with Crippen LogP contribution in [0.4, 0.5) is 8.78 Å². The van der Waals surface area contributed by atoms with Gasteiger partial charge < -0.3 is 10.1 Å². The maximum atomic E-state index is 14.7. The molecule has 1 aromatic rings. The summed E-state index contributed by atoms with van der Waals surface area (Å²) < 4.78 is 34.6. The molecule has 1 fully saturated rings. The first kappa shape index (κ1) is 20.9. The Morgan fingerprint density at radius 1 is 1.43 bits per heavy atom. The van der Waals surface area contributed by atoms with Crippen molar-refractivity contribution in [2.24, 2.45) is 9.98 Å². The molecule has 152 valence electrons. The lowest BCUT2D eigenvalue weighted by molar-refractivity contribution is -0.122. The zero-order valence-electron chi connectivity index (χ0n) is 15.9. The highest BCUT2D eigenvalue weighted by Gasteiger charge is 2.43. The van der Waals surface area contributed by atoms with E-state index >= 15 is 0 Å². The number of halogens is 3. The van der Waals surface area contributed by atoms with Crippen LogP contribution in [0, 0.1) is 0 Å². The first-order chi connectivity index (χ1) is 13.5. The molecule has 0 saturated carbocycles. The van der Waals surface area contributed by atoms with Gasteiger partial charge in [0, 0.05) is 36.5 Å². The van der Waals surface area contributed by atoms with Crippen molar-refractivity contribution < 1.29 is 13.5 Å². The minimum absolute atomic E-state index is 0.0375. The van der Waals surface area contributed by atoms with Crippen molar-refractivity contribution in [3.63, 3.8) is 0 Å². The molecule has 2 heterocycles. The third kappa shape index (κ3) is 4.59. The Balaban J connectivity index is 1.79. The molecule has 0 amide bonds. The predicted octanol–water partition coefficient (Wildman–Crippen LogP) is 3.54. The summed E-state index contributed by atoms with van der Waals surface area (Å²) >= 11 is 5.80. The molecule has 5 nitrogen and oxygen atoms in total. The van der Waals surface area contributed by atoms with Gasteiger partial charge in [0.25, 0.3) is 5.92 Å². The molecule has 1 saturated heterocycles. The van der Waals surface area contributed by atoms with Crippen LogP contribution >= 0.6 is 11.6 Å². The molecule has 3 rings (SSSR count). The number of hydrogen-bond acceptors (Lipinski definition) is 4. The molecule has 1 atom stereocenters. The van der Waals surface area contributed by atoms with Gasteiger partial charge in [0.05, 0.1) is 12.5 Å². The Morgan fingerprint density at radius 2 is 2.25 bits per heavy atom. The highest BCUT2D eigenvalue weighted by Crippen LogP contribution is 2.38. The van der Waals surface area contributed by atoms with Crippen LogP contribution in [0.1, 0.15) is 24.0 Å². The van der Waals surface area contributed by atoms with Crippen LogP contribution in [0.2, 0.25) is 0 Å². The number of ether oxygens (including phenoxy) is 1. The van der Waals surface area contributed by atoms with E-state index in [1.165, 1.54) is 12.1 Å². The lowest BCUT2D eigenvalue weighted by atomic mass is 9.99. The van der Waals surface area contributed by atoms with Gasteiger partial charge in [-0.1, -0.05) is 18.2 Å². The predicted molar refractivity (Wildman–Crippen MR) is 108 cm³/mol. The molecule has 0 bridgehead atoms. The zero-order chi connectivity index (χ0) is 20.1. The highest BCUT2D eigenvalue weighted by atomic mass is 35.5. The van der Waals surface area contributed by atoms with E-state index in [0.29, 0.717) is 37.4 Å². The molecule has 0 aliphatic carbocycles. The first-order valence-electron chi connectivity index (χ1n) is 9.26. The average Bonchev–Trinajstić information content (AvgIpc) is 3.34. The van der Waals surface area contributed by atoms with Crippen molar-refractivity contribution in [1.29, 1.82) is 0 Å². The standard InChI is InChI=1S/C20H25ClF2N4O/c1-24-19(16-11-27(2)12-17(16)26-13-21)25-10-14-5-3-6-15(9-14)20(22,23)18-7-4-8-28-18/h3,5-6,9,18,26H,1,4,7-8,10-13H2,2H3. The van der Waals surface area contributed by atoms with E-state index in [4.69, 9.17) is 16.3 Å². The molecule has 0 aromatic heterocycles. The van der Waals surface area contributed by atoms with Crippen molar-refractivity contribution in [2.45, 2.75) is 31.4 Å². The van der Waals surface area contributed by atoms with E-state index < -0.39 is 12.0 Å². The SMILES string of the molecule is C=NC(=NCc1cccc(C(F)(F)C2CCCO2)c1)C1=C(NCCl)CN(C)C1. The van der Waals surface area contributed by atoms with Crippen LogP contribution in [0.15, 0.2) is 45.5 Å². The molecule has 2 aliphatic rings. The molecular weight excluding hydrogens is 386 g/mol. The third-order valence-corrected chi connectivity index (χ3v) is 5.11. The highest BCUT2D eigenvalue weighted by molar-refractivity contribution is 6.17. The molecule has 8 heteroatoms. The zero-order valence-corrected chi connectivity index (χ0v) is 16.7. The fraction of sp³-hybridized carbons (Fsp3) is 0.500. The van der Waals surface area contributed by atoms with E-state index in [1.807, 2.05) is 7.05 Å². The van der Waals surface area contributed by atoms with E-state index in [-0.39, 0.29) is 18.1 Å². The van der Waals surface area contributed by atoms with Crippen molar-refractivity contribution in [2.75, 3.05) is 32.7 Å². The average molecular weight is 411 g/mol. The number of benzene rings is 1. The molecule has 28 heavy (non-hydrogen) atoms. The lowest BCUT2D eigenvalue weighted by Crippen LogP contribution is -2.30. The van der Waals surface area contributed by atoms with Crippen LogP contribution in [0.3, 0.4) is 0 Å². The second-order valence-corrected chi connectivity index (χ2v) is 7.33. The van der Waals surface area contributed by atoms with Gasteiger partial charge in [-0.3, -0.25) is 9.89 Å². The summed E-state index contributed by atoms with van der Waals surface area (Å²) in [5.74, 6) is -2.50. The molecule has 2 aliphatic heterocycles. The van der Waals surface area contributed by atoms with Crippen molar-refractivity contribution >= 4 is 24.2 Å². The van der Waals surface area contributed by atoms with Crippen LogP contribution in [-0.4, -0.2) is 56.3 Å². The van der Waals surface area contributed by atoms with Gasteiger partial charge in [-0.2, -0.15) is 8.78 Å². The van der Waals surface area contributed by atoms with Crippen LogP contribution < -0.4 is 5.32 Å². The minimum atomic E-state index is -3.01. The third-order valence-electron chi connectivity index (χ3n) is 4.98. The summed E-state index contributed by atoms with van der Waals surface area (Å²) in [6.07, 6.45) is -0.0151. The fourth-order valence-electron chi connectivity index (χ4n) is 3.57. The second-order valence-electron chi connectivity index (χ2n) is 7.06. The van der Waals surface area contributed by atoms with E-state index in [1.54, 1.807) is 12.1 Å². The van der Waals surface area contributed by atoms with Gasteiger partial charge in [-0.15, -0.1) is 11.6 Å². The monoisotopic (exact) mass is 410 g/mol. The number of amidine groups is 1. The van der Waals surface area contributed by atoms with Crippen molar-refractivity contribution in [1.82, 2.24) is 10.2 Å². The van der Waals surface area contributed by atoms with Crippen molar-refractivity contribution in [3.8, 4) is 0 Å². The van der Waals surface area contributed by atoms with Crippen LogP contribution in [-0.2, 0) is 17.2 Å². The topological polar surface area (TPSA) is 49.2 Å². The van der Waals surface area contributed by atoms with Gasteiger partial charge in [0.2, 0.25) is 0 Å². The molecule has 1 unspecified atom stereocenters.